The molecule has 5 nitrogen and oxygen atoms in total. The normalized spacial score (nSPS) is 22.6. The summed E-state index contributed by atoms with van der Waals surface area (Å²) in [5.41, 5.74) is 4.91. The minimum Gasteiger partial charge on any atom is -0.480 e. The van der Waals surface area contributed by atoms with Gasteiger partial charge in [0.2, 0.25) is 0 Å². The van der Waals surface area contributed by atoms with Crippen LogP contribution in [0.3, 0.4) is 0 Å². The summed E-state index contributed by atoms with van der Waals surface area (Å²) in [6.07, 6.45) is 0.264. The van der Waals surface area contributed by atoms with Gasteiger partial charge in [-0.2, -0.15) is 0 Å². The van der Waals surface area contributed by atoms with Crippen molar-refractivity contribution in [2.45, 2.75) is 12.0 Å². The van der Waals surface area contributed by atoms with Crippen LogP contribution >= 0.6 is 31.9 Å². The first kappa shape index (κ1) is 14.5. The predicted molar refractivity (Wildman–Crippen MR) is 76.9 cm³/mol. The number of amides is 1. The molecule has 0 saturated carbocycles. The molecule has 0 aliphatic carbocycles. The van der Waals surface area contributed by atoms with Crippen molar-refractivity contribution in [3.63, 3.8) is 0 Å². The van der Waals surface area contributed by atoms with Crippen molar-refractivity contribution >= 4 is 43.7 Å². The van der Waals surface area contributed by atoms with Crippen LogP contribution in [0.25, 0.3) is 0 Å². The summed E-state index contributed by atoms with van der Waals surface area (Å²) >= 11 is 6.63. The molecule has 1 unspecified atom stereocenters. The summed E-state index contributed by atoms with van der Waals surface area (Å²) in [4.78, 5) is 24.9. The van der Waals surface area contributed by atoms with Gasteiger partial charge in [-0.3, -0.25) is 9.59 Å². The van der Waals surface area contributed by atoms with Crippen molar-refractivity contribution < 1.29 is 14.7 Å². The van der Waals surface area contributed by atoms with Crippen molar-refractivity contribution in [3.05, 3.63) is 32.7 Å². The number of hydrogen-bond acceptors (Lipinski definition) is 3. The zero-order chi connectivity index (χ0) is 14.2. The third-order valence-corrected chi connectivity index (χ3v) is 4.36. The van der Waals surface area contributed by atoms with Gasteiger partial charge in [-0.15, -0.1) is 0 Å². The van der Waals surface area contributed by atoms with Gasteiger partial charge >= 0.3 is 5.97 Å². The standard InChI is InChI=1S/C12H12Br2N2O3/c13-7-1-2-9(14)8(5-7)10(17)16-4-3-12(15,6-16)11(18)19/h1-2,5H,3-4,6,15H2,(H,18,19). The van der Waals surface area contributed by atoms with Crippen molar-refractivity contribution in [3.8, 4) is 0 Å². The van der Waals surface area contributed by atoms with E-state index in [0.717, 1.165) is 4.47 Å². The van der Waals surface area contributed by atoms with Crippen molar-refractivity contribution in [2.24, 2.45) is 5.73 Å². The molecule has 102 valence electrons. The molecule has 1 aliphatic heterocycles. The minimum atomic E-state index is -1.34. The topological polar surface area (TPSA) is 83.6 Å². The molecule has 1 amide bonds. The molecule has 0 radical (unpaired) electrons. The molecule has 1 aromatic carbocycles. The Morgan fingerprint density at radius 3 is 2.63 bits per heavy atom. The molecule has 0 spiro atoms. The summed E-state index contributed by atoms with van der Waals surface area (Å²) in [5.74, 6) is -1.29. The average Bonchev–Trinajstić information content (AvgIpc) is 2.76. The van der Waals surface area contributed by atoms with Gasteiger partial charge in [0.1, 0.15) is 5.54 Å². The molecule has 0 aromatic heterocycles. The van der Waals surface area contributed by atoms with E-state index >= 15 is 0 Å². The maximum atomic E-state index is 12.4. The third-order valence-electron chi connectivity index (χ3n) is 3.17. The molecular weight excluding hydrogens is 380 g/mol. The van der Waals surface area contributed by atoms with Gasteiger partial charge in [0, 0.05) is 22.0 Å². The highest BCUT2D eigenvalue weighted by Gasteiger charge is 2.43. The van der Waals surface area contributed by atoms with Crippen LogP contribution in [0.4, 0.5) is 0 Å². The van der Waals surface area contributed by atoms with Crippen LogP contribution in [0.5, 0.6) is 0 Å². The lowest BCUT2D eigenvalue weighted by Crippen LogP contribution is -2.50. The molecule has 2 rings (SSSR count). The molecule has 1 heterocycles. The number of carboxylic acid groups (broad SMARTS) is 1. The molecule has 19 heavy (non-hydrogen) atoms. The monoisotopic (exact) mass is 390 g/mol. The number of carbonyl (C=O) groups is 2. The summed E-state index contributed by atoms with van der Waals surface area (Å²) in [6, 6.07) is 5.28. The fourth-order valence-corrected chi connectivity index (χ4v) is 2.79. The van der Waals surface area contributed by atoms with E-state index in [1.807, 2.05) is 6.07 Å². The lowest BCUT2D eigenvalue weighted by Gasteiger charge is -2.20. The van der Waals surface area contributed by atoms with Crippen LogP contribution in [0, 0.1) is 0 Å². The van der Waals surface area contributed by atoms with Crippen LogP contribution < -0.4 is 5.73 Å². The fourth-order valence-electron chi connectivity index (χ4n) is 2.01. The number of hydrogen-bond donors (Lipinski definition) is 2. The van der Waals surface area contributed by atoms with Gasteiger partial charge in [0.15, 0.2) is 0 Å². The summed E-state index contributed by atoms with van der Waals surface area (Å²) in [6.45, 7) is 0.376. The lowest BCUT2D eigenvalue weighted by molar-refractivity contribution is -0.142. The molecular formula is C12H12Br2N2O3. The zero-order valence-electron chi connectivity index (χ0n) is 9.90. The van der Waals surface area contributed by atoms with Crippen LogP contribution in [-0.2, 0) is 4.79 Å². The number of carboxylic acids is 1. The van der Waals surface area contributed by atoms with Gasteiger partial charge in [-0.1, -0.05) is 15.9 Å². The van der Waals surface area contributed by atoms with Gasteiger partial charge in [0.05, 0.1) is 5.56 Å². The second-order valence-electron chi connectivity index (χ2n) is 4.56. The van der Waals surface area contributed by atoms with Crippen molar-refractivity contribution in [1.82, 2.24) is 4.90 Å². The average molecular weight is 392 g/mol. The number of carbonyl (C=O) groups excluding carboxylic acids is 1. The number of rotatable bonds is 2. The maximum absolute atomic E-state index is 12.4. The summed E-state index contributed by atoms with van der Waals surface area (Å²) in [5, 5.41) is 9.06. The Hall–Kier alpha value is -0.920. The number of aliphatic carboxylic acids is 1. The SMILES string of the molecule is NC1(C(=O)O)CCN(C(=O)c2cc(Br)ccc2Br)C1. The van der Waals surface area contributed by atoms with Crippen LogP contribution in [-0.4, -0.2) is 40.5 Å². The van der Waals surface area contributed by atoms with E-state index in [1.165, 1.54) is 4.90 Å². The van der Waals surface area contributed by atoms with E-state index in [9.17, 15) is 9.59 Å². The Labute approximate surface area is 127 Å². The van der Waals surface area contributed by atoms with Crippen molar-refractivity contribution in [1.29, 1.82) is 0 Å². The molecule has 1 saturated heterocycles. The highest BCUT2D eigenvalue weighted by atomic mass is 79.9. The Bertz CT molecular complexity index is 550. The molecule has 0 bridgehead atoms. The van der Waals surface area contributed by atoms with E-state index in [4.69, 9.17) is 10.8 Å². The molecule has 1 fully saturated rings. The second-order valence-corrected chi connectivity index (χ2v) is 6.33. The largest absolute Gasteiger partial charge is 0.480 e. The smallest absolute Gasteiger partial charge is 0.325 e. The fraction of sp³-hybridized carbons (Fsp3) is 0.333. The maximum Gasteiger partial charge on any atom is 0.325 e. The summed E-state index contributed by atoms with van der Waals surface area (Å²) < 4.78 is 1.46. The molecule has 1 aliphatic rings. The minimum absolute atomic E-state index is 0.0279. The second kappa shape index (κ2) is 5.22. The van der Waals surface area contributed by atoms with Gasteiger partial charge in [-0.05, 0) is 40.5 Å². The predicted octanol–water partition coefficient (Wildman–Crippen LogP) is 1.84. The first-order valence-corrected chi connectivity index (χ1v) is 7.19. The Morgan fingerprint density at radius 2 is 2.05 bits per heavy atom. The first-order chi connectivity index (χ1) is 8.83. The van der Waals surface area contributed by atoms with E-state index in [1.54, 1.807) is 12.1 Å². The van der Waals surface area contributed by atoms with Crippen molar-refractivity contribution in [2.75, 3.05) is 13.1 Å². The van der Waals surface area contributed by atoms with E-state index in [-0.39, 0.29) is 18.9 Å². The van der Waals surface area contributed by atoms with E-state index in [2.05, 4.69) is 31.9 Å². The third kappa shape index (κ3) is 2.82. The van der Waals surface area contributed by atoms with E-state index in [0.29, 0.717) is 16.6 Å². The number of halogens is 2. The molecule has 1 aromatic rings. The first-order valence-electron chi connectivity index (χ1n) is 5.60. The van der Waals surface area contributed by atoms with Crippen LogP contribution in [0.15, 0.2) is 27.1 Å². The zero-order valence-corrected chi connectivity index (χ0v) is 13.1. The Kier molecular flexibility index (Phi) is 3.98. The van der Waals surface area contributed by atoms with Gasteiger partial charge in [0.25, 0.3) is 5.91 Å². The highest BCUT2D eigenvalue weighted by Crippen LogP contribution is 2.26. The van der Waals surface area contributed by atoms with E-state index < -0.39 is 11.5 Å². The molecule has 1 atom stereocenters. The van der Waals surface area contributed by atoms with Gasteiger partial charge < -0.3 is 15.7 Å². The lowest BCUT2D eigenvalue weighted by atomic mass is 10.0. The number of benzene rings is 1. The molecule has 3 N–H and O–H groups in total. The quantitative estimate of drug-likeness (QED) is 0.805. The van der Waals surface area contributed by atoms with Crippen LogP contribution in [0.2, 0.25) is 0 Å². The number of nitrogens with zero attached hydrogens (tertiary/aromatic N) is 1. The Morgan fingerprint density at radius 1 is 1.37 bits per heavy atom. The highest BCUT2D eigenvalue weighted by molar-refractivity contribution is 9.11. The molecule has 7 heteroatoms. The number of nitrogens with two attached hydrogens (primary N) is 1. The van der Waals surface area contributed by atoms with Crippen LogP contribution in [0.1, 0.15) is 16.8 Å². The number of likely N-dealkylation sites (tertiary alicyclic amines) is 1. The summed E-state index contributed by atoms with van der Waals surface area (Å²) in [7, 11) is 0. The van der Waals surface area contributed by atoms with Gasteiger partial charge in [-0.25, -0.2) is 0 Å². The Balaban J connectivity index is 2.22.